The van der Waals surface area contributed by atoms with Crippen LogP contribution < -0.4 is 5.32 Å². The minimum absolute atomic E-state index is 0.0284. The average molecular weight is 466 g/mol. The van der Waals surface area contributed by atoms with Crippen molar-refractivity contribution >= 4 is 27.7 Å². The fourth-order valence-corrected chi connectivity index (χ4v) is 4.33. The highest BCUT2D eigenvalue weighted by Gasteiger charge is 2.29. The predicted octanol–water partition coefficient (Wildman–Crippen LogP) is 2.77. The maximum absolute atomic E-state index is 12.6. The zero-order valence-corrected chi connectivity index (χ0v) is 19.0. The van der Waals surface area contributed by atoms with E-state index in [1.165, 1.54) is 0 Å². The average Bonchev–Trinajstić information content (AvgIpc) is 2.72. The molecule has 0 aromatic heterocycles. The van der Waals surface area contributed by atoms with Gasteiger partial charge in [-0.2, -0.15) is 0 Å². The van der Waals surface area contributed by atoms with Gasteiger partial charge in [0.1, 0.15) is 0 Å². The summed E-state index contributed by atoms with van der Waals surface area (Å²) >= 11 is 3.39. The SMILES string of the molecule is CC(C)CN1CCOC(CNC(=O)C2CCN(C(=O)c3ccc(Br)cc3)CC2)C1. The molecule has 0 aliphatic carbocycles. The highest BCUT2D eigenvalue weighted by Crippen LogP contribution is 2.20. The normalized spacial score (nSPS) is 21.4. The summed E-state index contributed by atoms with van der Waals surface area (Å²) in [5.74, 6) is 0.732. The number of nitrogens with one attached hydrogen (secondary N) is 1. The molecule has 160 valence electrons. The summed E-state index contributed by atoms with van der Waals surface area (Å²) in [5, 5.41) is 3.08. The molecule has 2 saturated heterocycles. The molecular formula is C22H32BrN3O3. The maximum atomic E-state index is 12.6. The lowest BCUT2D eigenvalue weighted by atomic mass is 9.95. The molecule has 29 heavy (non-hydrogen) atoms. The molecule has 3 rings (SSSR count). The minimum Gasteiger partial charge on any atom is -0.374 e. The highest BCUT2D eigenvalue weighted by molar-refractivity contribution is 9.10. The highest BCUT2D eigenvalue weighted by atomic mass is 79.9. The van der Waals surface area contributed by atoms with Crippen LogP contribution in [0.1, 0.15) is 37.0 Å². The van der Waals surface area contributed by atoms with E-state index in [2.05, 4.69) is 40.0 Å². The Morgan fingerprint density at radius 3 is 2.52 bits per heavy atom. The summed E-state index contributed by atoms with van der Waals surface area (Å²) in [7, 11) is 0. The van der Waals surface area contributed by atoms with Crippen molar-refractivity contribution < 1.29 is 14.3 Å². The summed E-state index contributed by atoms with van der Waals surface area (Å²) in [4.78, 5) is 29.5. The lowest BCUT2D eigenvalue weighted by Crippen LogP contribution is -2.50. The summed E-state index contributed by atoms with van der Waals surface area (Å²) in [5.41, 5.74) is 0.691. The van der Waals surface area contributed by atoms with Gasteiger partial charge in [0.2, 0.25) is 5.91 Å². The summed E-state index contributed by atoms with van der Waals surface area (Å²) in [6, 6.07) is 7.42. The third-order valence-electron chi connectivity index (χ3n) is 5.59. The van der Waals surface area contributed by atoms with Crippen molar-refractivity contribution in [1.29, 1.82) is 0 Å². The van der Waals surface area contributed by atoms with Crippen molar-refractivity contribution in [2.24, 2.45) is 11.8 Å². The Morgan fingerprint density at radius 1 is 1.17 bits per heavy atom. The third kappa shape index (κ3) is 6.52. The molecule has 1 aromatic rings. The zero-order valence-electron chi connectivity index (χ0n) is 17.4. The number of amides is 2. The molecule has 0 spiro atoms. The number of hydrogen-bond acceptors (Lipinski definition) is 4. The van der Waals surface area contributed by atoms with Crippen molar-refractivity contribution in [3.05, 3.63) is 34.3 Å². The Hall–Kier alpha value is -1.44. The van der Waals surface area contributed by atoms with Crippen LogP contribution in [0.15, 0.2) is 28.7 Å². The molecular weight excluding hydrogens is 434 g/mol. The number of rotatable bonds is 6. The quantitative estimate of drug-likeness (QED) is 0.701. The number of halogens is 1. The molecule has 2 aliphatic rings. The fraction of sp³-hybridized carbons (Fsp3) is 0.636. The Labute approximate surface area is 182 Å². The van der Waals surface area contributed by atoms with Crippen LogP contribution in [0.3, 0.4) is 0 Å². The van der Waals surface area contributed by atoms with Crippen molar-refractivity contribution in [1.82, 2.24) is 15.1 Å². The number of morpholine rings is 1. The van der Waals surface area contributed by atoms with Crippen LogP contribution in [0.2, 0.25) is 0 Å². The van der Waals surface area contributed by atoms with E-state index in [4.69, 9.17) is 4.74 Å². The number of nitrogens with zero attached hydrogens (tertiary/aromatic N) is 2. The summed E-state index contributed by atoms with van der Waals surface area (Å²) in [6.45, 7) is 9.88. The van der Waals surface area contributed by atoms with Crippen molar-refractivity contribution in [2.75, 3.05) is 45.9 Å². The number of benzene rings is 1. The second kappa shape index (κ2) is 10.5. The lowest BCUT2D eigenvalue weighted by molar-refractivity contribution is -0.127. The van der Waals surface area contributed by atoms with Gasteiger partial charge in [0.05, 0.1) is 12.7 Å². The molecule has 7 heteroatoms. The second-order valence-electron chi connectivity index (χ2n) is 8.46. The number of likely N-dealkylation sites (tertiary alicyclic amines) is 1. The van der Waals surface area contributed by atoms with E-state index >= 15 is 0 Å². The number of carbonyl (C=O) groups excluding carboxylic acids is 2. The van der Waals surface area contributed by atoms with E-state index in [0.29, 0.717) is 44.0 Å². The van der Waals surface area contributed by atoms with Gasteiger partial charge < -0.3 is 15.0 Å². The zero-order chi connectivity index (χ0) is 20.8. The first-order chi connectivity index (χ1) is 13.9. The second-order valence-corrected chi connectivity index (χ2v) is 9.38. The van der Waals surface area contributed by atoms with Gasteiger partial charge in [0.25, 0.3) is 5.91 Å². The van der Waals surface area contributed by atoms with Gasteiger partial charge in [-0.25, -0.2) is 0 Å². The predicted molar refractivity (Wildman–Crippen MR) is 117 cm³/mol. The van der Waals surface area contributed by atoms with E-state index in [1.807, 2.05) is 29.2 Å². The van der Waals surface area contributed by atoms with E-state index in [-0.39, 0.29) is 23.8 Å². The topological polar surface area (TPSA) is 61.9 Å². The number of ether oxygens (including phenoxy) is 1. The number of hydrogen-bond donors (Lipinski definition) is 1. The van der Waals surface area contributed by atoms with Crippen LogP contribution in [0.4, 0.5) is 0 Å². The standard InChI is InChI=1S/C22H32BrN3O3/c1-16(2)14-25-11-12-29-20(15-25)13-24-21(27)17-7-9-26(10-8-17)22(28)18-3-5-19(23)6-4-18/h3-6,16-17,20H,7-15H2,1-2H3,(H,24,27). The van der Waals surface area contributed by atoms with Gasteiger partial charge in [-0.15, -0.1) is 0 Å². The van der Waals surface area contributed by atoms with Gasteiger partial charge in [-0.05, 0) is 43.0 Å². The van der Waals surface area contributed by atoms with Crippen LogP contribution in [-0.4, -0.2) is 73.6 Å². The third-order valence-corrected chi connectivity index (χ3v) is 6.12. The van der Waals surface area contributed by atoms with Gasteiger partial charge in [-0.3, -0.25) is 14.5 Å². The molecule has 1 atom stereocenters. The van der Waals surface area contributed by atoms with Crippen molar-refractivity contribution in [3.8, 4) is 0 Å². The van der Waals surface area contributed by atoms with Crippen LogP contribution in [-0.2, 0) is 9.53 Å². The summed E-state index contributed by atoms with van der Waals surface area (Å²) in [6.07, 6.45) is 1.48. The van der Waals surface area contributed by atoms with Crippen LogP contribution in [0.5, 0.6) is 0 Å². The largest absolute Gasteiger partial charge is 0.374 e. The first kappa shape index (κ1) is 22.2. The Balaban J connectivity index is 1.40. The Morgan fingerprint density at radius 2 is 1.86 bits per heavy atom. The monoisotopic (exact) mass is 465 g/mol. The molecule has 0 saturated carbocycles. The number of carbonyl (C=O) groups is 2. The first-order valence-electron chi connectivity index (χ1n) is 10.6. The molecule has 2 aliphatic heterocycles. The van der Waals surface area contributed by atoms with Crippen molar-refractivity contribution in [3.63, 3.8) is 0 Å². The maximum Gasteiger partial charge on any atom is 0.253 e. The number of piperidine rings is 1. The first-order valence-corrected chi connectivity index (χ1v) is 11.4. The van der Waals surface area contributed by atoms with Crippen LogP contribution in [0.25, 0.3) is 0 Å². The Kier molecular flexibility index (Phi) is 8.09. The van der Waals surface area contributed by atoms with Gasteiger partial charge in [-0.1, -0.05) is 29.8 Å². The van der Waals surface area contributed by atoms with Crippen LogP contribution in [0, 0.1) is 11.8 Å². The Bertz CT molecular complexity index is 687. The molecule has 2 fully saturated rings. The van der Waals surface area contributed by atoms with Crippen molar-refractivity contribution in [2.45, 2.75) is 32.8 Å². The van der Waals surface area contributed by atoms with Gasteiger partial charge in [0, 0.05) is 55.2 Å². The van der Waals surface area contributed by atoms with E-state index in [9.17, 15) is 9.59 Å². The lowest BCUT2D eigenvalue weighted by Gasteiger charge is -2.35. The van der Waals surface area contributed by atoms with Crippen LogP contribution >= 0.6 is 15.9 Å². The molecule has 2 amide bonds. The van der Waals surface area contributed by atoms with Gasteiger partial charge >= 0.3 is 0 Å². The van der Waals surface area contributed by atoms with Gasteiger partial charge in [0.15, 0.2) is 0 Å². The van der Waals surface area contributed by atoms with E-state index in [1.54, 1.807) is 0 Å². The molecule has 1 aromatic carbocycles. The molecule has 6 nitrogen and oxygen atoms in total. The summed E-state index contributed by atoms with van der Waals surface area (Å²) < 4.78 is 6.78. The molecule has 2 heterocycles. The fourth-order valence-electron chi connectivity index (χ4n) is 4.06. The molecule has 0 bridgehead atoms. The molecule has 1 unspecified atom stereocenters. The molecule has 1 N–H and O–H groups in total. The minimum atomic E-state index is -0.0284. The van der Waals surface area contributed by atoms with E-state index in [0.717, 1.165) is 30.7 Å². The molecule has 0 radical (unpaired) electrons. The van der Waals surface area contributed by atoms with E-state index < -0.39 is 0 Å². The smallest absolute Gasteiger partial charge is 0.253 e.